The Kier molecular flexibility index (Phi) is 3.60. The molecule has 2 nitrogen and oxygen atoms in total. The van der Waals surface area contributed by atoms with Gasteiger partial charge in [-0.2, -0.15) is 0 Å². The first-order valence-electron chi connectivity index (χ1n) is 6.16. The highest BCUT2D eigenvalue weighted by Gasteiger charge is 2.21. The Balaban J connectivity index is 2.04. The molecule has 1 aromatic carbocycles. The average molecular weight is 216 g/mol. The minimum Gasteiger partial charge on any atom is -0.333 e. The van der Waals surface area contributed by atoms with E-state index < -0.39 is 0 Å². The fourth-order valence-corrected chi connectivity index (χ4v) is 2.44. The van der Waals surface area contributed by atoms with Crippen LogP contribution in [0.3, 0.4) is 0 Å². The van der Waals surface area contributed by atoms with E-state index in [0.29, 0.717) is 5.92 Å². The average Bonchev–Trinajstić information content (AvgIpc) is 2.39. The molecule has 2 rings (SSSR count). The standard InChI is InChI=1S/C14H20N2/c1-16(13-10-6-3-7-11-13)14(15)12-8-4-2-5-9-12/h3,6-7,10-12,15H,2,4-5,8-9H2,1H3. The van der Waals surface area contributed by atoms with Gasteiger partial charge in [0.2, 0.25) is 0 Å². The molecule has 0 heterocycles. The summed E-state index contributed by atoms with van der Waals surface area (Å²) in [6, 6.07) is 10.2. The van der Waals surface area contributed by atoms with Crippen LogP contribution in [0.1, 0.15) is 32.1 Å². The molecule has 1 aliphatic carbocycles. The summed E-state index contributed by atoms with van der Waals surface area (Å²) in [5.41, 5.74) is 1.12. The molecule has 0 bridgehead atoms. The van der Waals surface area contributed by atoms with Gasteiger partial charge in [0.05, 0.1) is 0 Å². The summed E-state index contributed by atoms with van der Waals surface area (Å²) in [5.74, 6) is 1.25. The SMILES string of the molecule is CN(C(=N)C1CCCCC1)c1ccccc1. The van der Waals surface area contributed by atoms with Gasteiger partial charge in [0.25, 0.3) is 0 Å². The van der Waals surface area contributed by atoms with Crippen LogP contribution < -0.4 is 4.90 Å². The predicted molar refractivity (Wildman–Crippen MR) is 69.1 cm³/mol. The monoisotopic (exact) mass is 216 g/mol. The van der Waals surface area contributed by atoms with Gasteiger partial charge in [0.15, 0.2) is 0 Å². The molecule has 2 heteroatoms. The van der Waals surface area contributed by atoms with Crippen molar-refractivity contribution in [3.05, 3.63) is 30.3 Å². The van der Waals surface area contributed by atoms with E-state index in [1.165, 1.54) is 32.1 Å². The second-order valence-electron chi connectivity index (χ2n) is 4.61. The Morgan fingerprint density at radius 3 is 2.38 bits per heavy atom. The van der Waals surface area contributed by atoms with Gasteiger partial charge in [-0.15, -0.1) is 0 Å². The summed E-state index contributed by atoms with van der Waals surface area (Å²) in [5, 5.41) is 8.25. The Hall–Kier alpha value is -1.31. The van der Waals surface area contributed by atoms with Gasteiger partial charge in [-0.25, -0.2) is 0 Å². The van der Waals surface area contributed by atoms with Crippen LogP contribution in [0.5, 0.6) is 0 Å². The third-order valence-electron chi connectivity index (χ3n) is 3.50. The lowest BCUT2D eigenvalue weighted by molar-refractivity contribution is 0.435. The number of nitrogens with zero attached hydrogens (tertiary/aromatic N) is 1. The van der Waals surface area contributed by atoms with E-state index in [-0.39, 0.29) is 0 Å². The number of hydrogen-bond acceptors (Lipinski definition) is 1. The van der Waals surface area contributed by atoms with Crippen molar-refractivity contribution in [2.45, 2.75) is 32.1 Å². The van der Waals surface area contributed by atoms with Crippen LogP contribution in [0, 0.1) is 11.3 Å². The van der Waals surface area contributed by atoms with Gasteiger partial charge < -0.3 is 4.90 Å². The molecule has 16 heavy (non-hydrogen) atoms. The summed E-state index contributed by atoms with van der Waals surface area (Å²) in [6.07, 6.45) is 6.30. The molecule has 0 radical (unpaired) electrons. The van der Waals surface area contributed by atoms with Gasteiger partial charge in [-0.3, -0.25) is 5.41 Å². The van der Waals surface area contributed by atoms with Crippen molar-refractivity contribution in [2.75, 3.05) is 11.9 Å². The number of nitrogens with one attached hydrogen (secondary N) is 1. The fraction of sp³-hybridized carbons (Fsp3) is 0.500. The molecule has 1 N–H and O–H groups in total. The largest absolute Gasteiger partial charge is 0.333 e. The van der Waals surface area contributed by atoms with E-state index in [0.717, 1.165) is 11.5 Å². The molecule has 0 amide bonds. The van der Waals surface area contributed by atoms with Crippen molar-refractivity contribution in [3.8, 4) is 0 Å². The second kappa shape index (κ2) is 5.15. The predicted octanol–water partition coefficient (Wildman–Crippen LogP) is 3.68. The van der Waals surface area contributed by atoms with Crippen molar-refractivity contribution in [1.82, 2.24) is 0 Å². The van der Waals surface area contributed by atoms with E-state index in [1.54, 1.807) is 0 Å². The van der Waals surface area contributed by atoms with Crippen molar-refractivity contribution in [3.63, 3.8) is 0 Å². The minimum atomic E-state index is 0.471. The van der Waals surface area contributed by atoms with E-state index in [1.807, 2.05) is 30.1 Å². The third kappa shape index (κ3) is 2.43. The number of hydrogen-bond donors (Lipinski definition) is 1. The Bertz CT molecular complexity index is 339. The number of benzene rings is 1. The molecule has 1 aromatic rings. The molecule has 1 fully saturated rings. The Labute approximate surface area is 97.8 Å². The van der Waals surface area contributed by atoms with Gasteiger partial charge in [0.1, 0.15) is 5.84 Å². The van der Waals surface area contributed by atoms with E-state index >= 15 is 0 Å². The molecule has 0 atom stereocenters. The molecule has 0 unspecified atom stereocenters. The zero-order chi connectivity index (χ0) is 11.4. The summed E-state index contributed by atoms with van der Waals surface area (Å²) < 4.78 is 0. The lowest BCUT2D eigenvalue weighted by Crippen LogP contribution is -2.33. The van der Waals surface area contributed by atoms with Gasteiger partial charge in [0, 0.05) is 18.7 Å². The smallest absolute Gasteiger partial charge is 0.103 e. The van der Waals surface area contributed by atoms with Crippen molar-refractivity contribution in [2.24, 2.45) is 5.92 Å². The highest BCUT2D eigenvalue weighted by atomic mass is 15.1. The summed E-state index contributed by atoms with van der Waals surface area (Å²) in [7, 11) is 2.01. The molecule has 0 spiro atoms. The first-order chi connectivity index (χ1) is 7.79. The molecule has 0 aromatic heterocycles. The highest BCUT2D eigenvalue weighted by Crippen LogP contribution is 2.26. The van der Waals surface area contributed by atoms with Crippen LogP contribution in [-0.4, -0.2) is 12.9 Å². The van der Waals surface area contributed by atoms with Crippen molar-refractivity contribution in [1.29, 1.82) is 5.41 Å². The maximum atomic E-state index is 8.25. The first-order valence-corrected chi connectivity index (χ1v) is 6.16. The lowest BCUT2D eigenvalue weighted by atomic mass is 9.88. The molecule has 0 aliphatic heterocycles. The minimum absolute atomic E-state index is 0.471. The van der Waals surface area contributed by atoms with Crippen LogP contribution >= 0.6 is 0 Å². The topological polar surface area (TPSA) is 27.1 Å². The summed E-state index contributed by atoms with van der Waals surface area (Å²) in [6.45, 7) is 0. The van der Waals surface area contributed by atoms with Gasteiger partial charge >= 0.3 is 0 Å². The maximum Gasteiger partial charge on any atom is 0.103 e. The van der Waals surface area contributed by atoms with E-state index in [4.69, 9.17) is 5.41 Å². The summed E-state index contributed by atoms with van der Waals surface area (Å²) in [4.78, 5) is 2.02. The van der Waals surface area contributed by atoms with Gasteiger partial charge in [-0.1, -0.05) is 37.5 Å². The Morgan fingerprint density at radius 2 is 1.75 bits per heavy atom. The zero-order valence-electron chi connectivity index (χ0n) is 9.95. The van der Waals surface area contributed by atoms with Crippen LogP contribution in [-0.2, 0) is 0 Å². The van der Waals surface area contributed by atoms with Crippen LogP contribution in [0.15, 0.2) is 30.3 Å². The van der Waals surface area contributed by atoms with Gasteiger partial charge in [-0.05, 0) is 25.0 Å². The maximum absolute atomic E-state index is 8.25. The quantitative estimate of drug-likeness (QED) is 0.592. The Morgan fingerprint density at radius 1 is 1.12 bits per heavy atom. The van der Waals surface area contributed by atoms with Crippen LogP contribution in [0.4, 0.5) is 5.69 Å². The highest BCUT2D eigenvalue weighted by molar-refractivity contribution is 5.96. The molecule has 0 saturated heterocycles. The first kappa shape index (κ1) is 11.2. The normalized spacial score (nSPS) is 17.1. The zero-order valence-corrected chi connectivity index (χ0v) is 9.95. The fourth-order valence-electron chi connectivity index (χ4n) is 2.44. The number of anilines is 1. The second-order valence-corrected chi connectivity index (χ2v) is 4.61. The molecular weight excluding hydrogens is 196 g/mol. The molecular formula is C14H20N2. The van der Waals surface area contributed by atoms with E-state index in [9.17, 15) is 0 Å². The van der Waals surface area contributed by atoms with Crippen molar-refractivity contribution >= 4 is 11.5 Å². The molecule has 1 aliphatic rings. The summed E-state index contributed by atoms with van der Waals surface area (Å²) >= 11 is 0. The number of amidine groups is 1. The van der Waals surface area contributed by atoms with Crippen LogP contribution in [0.25, 0.3) is 0 Å². The molecule has 86 valence electrons. The number of para-hydroxylation sites is 1. The van der Waals surface area contributed by atoms with Crippen LogP contribution in [0.2, 0.25) is 0 Å². The van der Waals surface area contributed by atoms with E-state index in [2.05, 4.69) is 12.1 Å². The lowest BCUT2D eigenvalue weighted by Gasteiger charge is -2.29. The number of rotatable bonds is 2. The van der Waals surface area contributed by atoms with Crippen molar-refractivity contribution < 1.29 is 0 Å². The molecule has 1 saturated carbocycles. The third-order valence-corrected chi connectivity index (χ3v) is 3.50.